The van der Waals surface area contributed by atoms with Crippen molar-refractivity contribution in [1.82, 2.24) is 19.9 Å². The number of fused-ring (bicyclic) bond motifs is 1. The summed E-state index contributed by atoms with van der Waals surface area (Å²) in [6.45, 7) is 5.92. The number of halogens is 3. The van der Waals surface area contributed by atoms with Gasteiger partial charge in [-0.05, 0) is 45.4 Å². The molecule has 0 fully saturated rings. The van der Waals surface area contributed by atoms with Crippen LogP contribution in [-0.4, -0.2) is 41.9 Å². The number of benzene rings is 1. The maximum atomic E-state index is 15.1. The lowest BCUT2D eigenvalue weighted by molar-refractivity contribution is 0.0687. The molecule has 0 amide bonds. The van der Waals surface area contributed by atoms with E-state index in [1.165, 1.54) is 50.5 Å². The molecule has 0 bridgehead atoms. The van der Waals surface area contributed by atoms with E-state index in [0.29, 0.717) is 16.9 Å². The maximum Gasteiger partial charge on any atom is 0.159 e. The van der Waals surface area contributed by atoms with Crippen molar-refractivity contribution in [2.75, 3.05) is 11.9 Å². The highest BCUT2D eigenvalue weighted by Gasteiger charge is 2.23. The number of nitrogens with one attached hydrogen (secondary N) is 1. The van der Waals surface area contributed by atoms with Gasteiger partial charge in [-0.15, -0.1) is 0 Å². The van der Waals surface area contributed by atoms with Crippen LogP contribution in [0.5, 0.6) is 0 Å². The molecule has 0 aliphatic carbocycles. The number of nitrogens with zero attached hydrogens (tertiary/aromatic N) is 4. The fraction of sp³-hybridized carbons (Fsp3) is 0.308. The summed E-state index contributed by atoms with van der Waals surface area (Å²) in [4.78, 5) is 17.1. The second kappa shape index (κ2) is 10.2. The Morgan fingerprint density at radius 1 is 1.08 bits per heavy atom. The Bertz CT molecular complexity index is 1460. The van der Waals surface area contributed by atoms with Crippen LogP contribution in [0.2, 0.25) is 5.02 Å². The Morgan fingerprint density at radius 3 is 2.38 bits per heavy atom. The largest absolute Gasteiger partial charge is 0.393 e. The normalized spacial score (nSPS) is 13.6. The molecule has 1 unspecified atom stereocenters. The number of anilines is 1. The molecule has 0 saturated carbocycles. The predicted molar refractivity (Wildman–Crippen MR) is 136 cm³/mol. The Labute approximate surface area is 217 Å². The molecule has 8 nitrogen and oxygen atoms in total. The molecule has 11 heteroatoms. The van der Waals surface area contributed by atoms with Gasteiger partial charge in [-0.25, -0.2) is 28.7 Å². The lowest BCUT2D eigenvalue weighted by Gasteiger charge is -2.21. The topological polar surface area (TPSA) is 124 Å². The molecule has 4 N–H and O–H groups in total. The van der Waals surface area contributed by atoms with Gasteiger partial charge in [0.05, 0.1) is 34.6 Å². The maximum absolute atomic E-state index is 15.1. The van der Waals surface area contributed by atoms with Crippen molar-refractivity contribution in [3.8, 4) is 11.3 Å². The van der Waals surface area contributed by atoms with E-state index in [1.807, 2.05) is 0 Å². The summed E-state index contributed by atoms with van der Waals surface area (Å²) in [6, 6.07) is 4.63. The Kier molecular flexibility index (Phi) is 7.38. The summed E-state index contributed by atoms with van der Waals surface area (Å²) in [5.41, 5.74) is 0.754. The van der Waals surface area contributed by atoms with E-state index in [1.54, 1.807) is 13.8 Å². The smallest absolute Gasteiger partial charge is 0.159 e. The van der Waals surface area contributed by atoms with Gasteiger partial charge in [-0.3, -0.25) is 0 Å². The molecule has 0 radical (unpaired) electrons. The van der Waals surface area contributed by atoms with Crippen molar-refractivity contribution in [2.24, 2.45) is 0 Å². The van der Waals surface area contributed by atoms with Crippen molar-refractivity contribution in [1.29, 1.82) is 0 Å². The van der Waals surface area contributed by atoms with E-state index >= 15 is 4.39 Å². The van der Waals surface area contributed by atoms with Gasteiger partial charge in [-0.1, -0.05) is 17.7 Å². The predicted octanol–water partition coefficient (Wildman–Crippen LogP) is 4.75. The van der Waals surface area contributed by atoms with Crippen molar-refractivity contribution >= 4 is 28.3 Å². The minimum Gasteiger partial charge on any atom is -0.393 e. The molecule has 3 heterocycles. The zero-order chi connectivity index (χ0) is 27.1. The monoisotopic (exact) mass is 529 g/mol. The second-order valence-corrected chi connectivity index (χ2v) is 9.65. The summed E-state index contributed by atoms with van der Waals surface area (Å²) >= 11 is 6.58. The van der Waals surface area contributed by atoms with Crippen LogP contribution in [0.3, 0.4) is 0 Å². The Morgan fingerprint density at radius 2 is 1.76 bits per heavy atom. The zero-order valence-electron chi connectivity index (χ0n) is 20.6. The lowest BCUT2D eigenvalue weighted by atomic mass is 10.0. The highest BCUT2D eigenvalue weighted by Crippen LogP contribution is 2.36. The number of pyridine rings is 2. The highest BCUT2D eigenvalue weighted by atomic mass is 35.5. The lowest BCUT2D eigenvalue weighted by Crippen LogP contribution is -2.19. The summed E-state index contributed by atoms with van der Waals surface area (Å²) in [7, 11) is 0. The van der Waals surface area contributed by atoms with E-state index in [4.69, 9.17) is 11.6 Å². The van der Waals surface area contributed by atoms with Crippen molar-refractivity contribution in [3.05, 3.63) is 76.0 Å². The van der Waals surface area contributed by atoms with Gasteiger partial charge in [0.25, 0.3) is 0 Å². The fourth-order valence-electron chi connectivity index (χ4n) is 3.86. The first-order valence-electron chi connectivity index (χ1n) is 11.5. The summed E-state index contributed by atoms with van der Waals surface area (Å²) < 4.78 is 29.8. The Balaban J connectivity index is 1.81. The second-order valence-electron chi connectivity index (χ2n) is 9.27. The molecule has 1 aromatic carbocycles. The molecule has 3 aromatic heterocycles. The van der Waals surface area contributed by atoms with Crippen LogP contribution < -0.4 is 5.32 Å². The molecule has 4 aromatic rings. The van der Waals surface area contributed by atoms with Crippen molar-refractivity contribution in [3.63, 3.8) is 0 Å². The standard InChI is InChI=1S/C26H26ClF2N5O3/c1-12(16-7-14(20(36)11-35)5-6-17(16)28)33-24-21(27)13(2)32-19-8-18(29)22(34-23(19)24)15-9-30-25(31-10-15)26(3,4)37/h5-10,12,20,35-37H,11H2,1-4H3,(H,32,33)/t12-,20?/m1/s1. The molecule has 0 saturated heterocycles. The van der Waals surface area contributed by atoms with Gasteiger partial charge >= 0.3 is 0 Å². The van der Waals surface area contributed by atoms with Gasteiger partial charge < -0.3 is 20.6 Å². The van der Waals surface area contributed by atoms with E-state index in [9.17, 15) is 19.7 Å². The van der Waals surface area contributed by atoms with Crippen LogP contribution in [-0.2, 0) is 5.60 Å². The zero-order valence-corrected chi connectivity index (χ0v) is 21.3. The third kappa shape index (κ3) is 5.37. The SMILES string of the molecule is Cc1nc2cc(F)c(-c3cnc(C(C)(C)O)nc3)nc2c(N[C@H](C)c2cc(C(O)CO)ccc2F)c1Cl. The molecular formula is C26H26ClF2N5O3. The van der Waals surface area contributed by atoms with Crippen LogP contribution in [0.25, 0.3) is 22.3 Å². The first-order valence-corrected chi connectivity index (χ1v) is 11.8. The van der Waals surface area contributed by atoms with E-state index < -0.39 is 36.0 Å². The Hall–Kier alpha value is -3.31. The number of rotatable bonds is 7. The van der Waals surface area contributed by atoms with Crippen LogP contribution >= 0.6 is 11.6 Å². The third-order valence-electron chi connectivity index (χ3n) is 5.90. The average Bonchev–Trinajstić information content (AvgIpc) is 2.85. The molecule has 0 aliphatic rings. The average molecular weight is 530 g/mol. The molecule has 37 heavy (non-hydrogen) atoms. The molecule has 2 atom stereocenters. The molecule has 4 rings (SSSR count). The fourth-order valence-corrected chi connectivity index (χ4v) is 4.05. The van der Waals surface area contributed by atoms with Gasteiger partial charge in [0.15, 0.2) is 11.6 Å². The number of aromatic nitrogens is 4. The van der Waals surface area contributed by atoms with E-state index in [-0.39, 0.29) is 38.7 Å². The number of aliphatic hydroxyl groups is 3. The molecule has 0 spiro atoms. The minimum atomic E-state index is -1.27. The third-order valence-corrected chi connectivity index (χ3v) is 6.36. The number of hydrogen-bond acceptors (Lipinski definition) is 8. The van der Waals surface area contributed by atoms with Gasteiger partial charge in [0.2, 0.25) is 0 Å². The molecule has 194 valence electrons. The van der Waals surface area contributed by atoms with Gasteiger partial charge in [0.1, 0.15) is 28.7 Å². The van der Waals surface area contributed by atoms with Crippen LogP contribution in [0.1, 0.15) is 55.6 Å². The van der Waals surface area contributed by atoms with Crippen LogP contribution in [0.15, 0.2) is 36.7 Å². The number of hydrogen-bond donors (Lipinski definition) is 4. The van der Waals surface area contributed by atoms with E-state index in [2.05, 4.69) is 25.3 Å². The minimum absolute atomic E-state index is 0.0496. The first kappa shape index (κ1) is 26.7. The number of aliphatic hydroxyl groups excluding tert-OH is 2. The summed E-state index contributed by atoms with van der Waals surface area (Å²) in [6.07, 6.45) is 1.57. The van der Waals surface area contributed by atoms with Gasteiger partial charge in [0, 0.05) is 29.6 Å². The van der Waals surface area contributed by atoms with Gasteiger partial charge in [-0.2, -0.15) is 0 Å². The number of aryl methyl sites for hydroxylation is 1. The van der Waals surface area contributed by atoms with Crippen LogP contribution in [0.4, 0.5) is 14.5 Å². The first-order chi connectivity index (χ1) is 17.4. The van der Waals surface area contributed by atoms with Crippen LogP contribution in [0, 0.1) is 18.6 Å². The molecular weight excluding hydrogens is 504 g/mol. The van der Waals surface area contributed by atoms with E-state index in [0.717, 1.165) is 0 Å². The quantitative estimate of drug-likeness (QED) is 0.270. The molecule has 0 aliphatic heterocycles. The van der Waals surface area contributed by atoms with Crippen molar-refractivity contribution in [2.45, 2.75) is 45.4 Å². The highest BCUT2D eigenvalue weighted by molar-refractivity contribution is 6.35. The summed E-state index contributed by atoms with van der Waals surface area (Å²) in [5.74, 6) is -1.01. The summed E-state index contributed by atoms with van der Waals surface area (Å²) in [5, 5.41) is 32.7. The van der Waals surface area contributed by atoms with Crippen molar-refractivity contribution < 1.29 is 24.1 Å².